The van der Waals surface area contributed by atoms with Gasteiger partial charge in [0.2, 0.25) is 0 Å². The summed E-state index contributed by atoms with van der Waals surface area (Å²) in [6.07, 6.45) is 1.88. The zero-order chi connectivity index (χ0) is 9.84. The molecule has 0 aliphatic heterocycles. The summed E-state index contributed by atoms with van der Waals surface area (Å²) in [5.41, 5.74) is 6.58. The average Bonchev–Trinajstić information content (AvgIpc) is 2.30. The molecular formula is C9H17N3O. The molecule has 0 unspecified atom stereocenters. The molecule has 1 rings (SSSR count). The first-order chi connectivity index (χ1) is 6.09. The molecule has 1 aromatic rings. The fourth-order valence-electron chi connectivity index (χ4n) is 0.984. The van der Waals surface area contributed by atoms with Crippen LogP contribution in [0.4, 0.5) is 5.82 Å². The molecule has 0 bridgehead atoms. The molecule has 1 heterocycles. The minimum absolute atomic E-state index is 0.482. The SMILES string of the molecule is Cc1cn(COCC(C)C)nc1N. The number of aromatic nitrogens is 2. The minimum atomic E-state index is 0.482. The Hall–Kier alpha value is -1.03. The van der Waals surface area contributed by atoms with Gasteiger partial charge < -0.3 is 10.5 Å². The number of nitrogens with zero attached hydrogens (tertiary/aromatic N) is 2. The van der Waals surface area contributed by atoms with Gasteiger partial charge in [-0.25, -0.2) is 4.68 Å². The Kier molecular flexibility index (Phi) is 3.31. The summed E-state index contributed by atoms with van der Waals surface area (Å²) in [6, 6.07) is 0. The molecule has 0 aliphatic rings. The molecule has 4 heteroatoms. The smallest absolute Gasteiger partial charge is 0.148 e. The first kappa shape index (κ1) is 10.1. The Bertz CT molecular complexity index is 248. The summed E-state index contributed by atoms with van der Waals surface area (Å²) < 4.78 is 7.11. The lowest BCUT2D eigenvalue weighted by molar-refractivity contribution is 0.0506. The lowest BCUT2D eigenvalue weighted by Crippen LogP contribution is -2.07. The van der Waals surface area contributed by atoms with Gasteiger partial charge in [0, 0.05) is 11.8 Å². The molecule has 0 spiro atoms. The van der Waals surface area contributed by atoms with Crippen LogP contribution < -0.4 is 5.73 Å². The Labute approximate surface area is 78.7 Å². The summed E-state index contributed by atoms with van der Waals surface area (Å²) in [5, 5.41) is 4.08. The second kappa shape index (κ2) is 4.28. The quantitative estimate of drug-likeness (QED) is 0.767. The third-order valence-corrected chi connectivity index (χ3v) is 1.66. The number of hydrogen-bond donors (Lipinski definition) is 1. The van der Waals surface area contributed by atoms with Crippen molar-refractivity contribution in [2.24, 2.45) is 5.92 Å². The number of nitrogens with two attached hydrogens (primary N) is 1. The topological polar surface area (TPSA) is 53.1 Å². The molecule has 0 aliphatic carbocycles. The zero-order valence-corrected chi connectivity index (χ0v) is 8.45. The highest BCUT2D eigenvalue weighted by molar-refractivity contribution is 5.35. The van der Waals surface area contributed by atoms with Crippen molar-refractivity contribution in [3.63, 3.8) is 0 Å². The predicted octanol–water partition coefficient (Wildman–Crippen LogP) is 1.40. The van der Waals surface area contributed by atoms with Gasteiger partial charge in [0.1, 0.15) is 12.5 Å². The molecule has 0 fully saturated rings. The van der Waals surface area contributed by atoms with Crippen molar-refractivity contribution in [3.8, 4) is 0 Å². The minimum Gasteiger partial charge on any atom is -0.382 e. The lowest BCUT2D eigenvalue weighted by Gasteiger charge is -2.05. The average molecular weight is 183 g/mol. The van der Waals surface area contributed by atoms with Crippen LogP contribution in [0, 0.1) is 12.8 Å². The van der Waals surface area contributed by atoms with Gasteiger partial charge >= 0.3 is 0 Å². The molecule has 0 atom stereocenters. The third-order valence-electron chi connectivity index (χ3n) is 1.66. The van der Waals surface area contributed by atoms with Gasteiger partial charge in [0.05, 0.1) is 6.61 Å². The van der Waals surface area contributed by atoms with Crippen molar-refractivity contribution < 1.29 is 4.74 Å². The largest absolute Gasteiger partial charge is 0.382 e. The molecular weight excluding hydrogens is 166 g/mol. The normalized spacial score (nSPS) is 11.1. The summed E-state index contributed by atoms with van der Waals surface area (Å²) >= 11 is 0. The van der Waals surface area contributed by atoms with Crippen LogP contribution in [0.5, 0.6) is 0 Å². The van der Waals surface area contributed by atoms with Crippen LogP contribution in [-0.2, 0) is 11.5 Å². The number of hydrogen-bond acceptors (Lipinski definition) is 3. The van der Waals surface area contributed by atoms with Gasteiger partial charge in [-0.2, -0.15) is 5.10 Å². The van der Waals surface area contributed by atoms with E-state index < -0.39 is 0 Å². The van der Waals surface area contributed by atoms with Crippen LogP contribution in [0.3, 0.4) is 0 Å². The predicted molar refractivity (Wildman–Crippen MR) is 52.2 cm³/mol. The second-order valence-corrected chi connectivity index (χ2v) is 3.63. The first-order valence-corrected chi connectivity index (χ1v) is 4.47. The van der Waals surface area contributed by atoms with Gasteiger partial charge in [-0.1, -0.05) is 13.8 Å². The fourth-order valence-corrected chi connectivity index (χ4v) is 0.984. The van der Waals surface area contributed by atoms with Crippen LogP contribution in [0.2, 0.25) is 0 Å². The highest BCUT2D eigenvalue weighted by atomic mass is 16.5. The second-order valence-electron chi connectivity index (χ2n) is 3.63. The molecule has 0 saturated heterocycles. The lowest BCUT2D eigenvalue weighted by atomic mass is 10.2. The summed E-state index contributed by atoms with van der Waals surface area (Å²) in [7, 11) is 0. The Morgan fingerprint density at radius 3 is 2.77 bits per heavy atom. The van der Waals surface area contributed by atoms with E-state index in [2.05, 4.69) is 18.9 Å². The highest BCUT2D eigenvalue weighted by Gasteiger charge is 2.00. The molecule has 0 saturated carbocycles. The number of aryl methyl sites for hydroxylation is 1. The molecule has 4 nitrogen and oxygen atoms in total. The summed E-state index contributed by atoms with van der Waals surface area (Å²) in [6.45, 7) is 7.39. The molecule has 0 amide bonds. The van der Waals surface area contributed by atoms with Gasteiger partial charge in [0.15, 0.2) is 0 Å². The van der Waals surface area contributed by atoms with E-state index in [0.29, 0.717) is 18.5 Å². The molecule has 2 N–H and O–H groups in total. The maximum atomic E-state index is 5.58. The van der Waals surface area contributed by atoms with E-state index in [1.165, 1.54) is 0 Å². The van der Waals surface area contributed by atoms with E-state index in [9.17, 15) is 0 Å². The van der Waals surface area contributed by atoms with E-state index in [1.54, 1.807) is 4.68 Å². The first-order valence-electron chi connectivity index (χ1n) is 4.47. The van der Waals surface area contributed by atoms with Crippen LogP contribution in [0.15, 0.2) is 6.20 Å². The highest BCUT2D eigenvalue weighted by Crippen LogP contribution is 2.06. The van der Waals surface area contributed by atoms with Gasteiger partial charge in [-0.3, -0.25) is 0 Å². The van der Waals surface area contributed by atoms with Crippen molar-refractivity contribution in [1.29, 1.82) is 0 Å². The number of ether oxygens (including phenoxy) is 1. The van der Waals surface area contributed by atoms with Crippen LogP contribution in [0.25, 0.3) is 0 Å². The van der Waals surface area contributed by atoms with E-state index in [4.69, 9.17) is 10.5 Å². The van der Waals surface area contributed by atoms with Crippen molar-refractivity contribution >= 4 is 5.82 Å². The van der Waals surface area contributed by atoms with Crippen molar-refractivity contribution in [3.05, 3.63) is 11.8 Å². The standard InChI is InChI=1S/C9H17N3O/c1-7(2)5-13-6-12-4-8(3)9(10)11-12/h4,7H,5-6H2,1-3H3,(H2,10,11). The molecule has 0 aromatic carbocycles. The Balaban J connectivity index is 2.37. The Morgan fingerprint density at radius 2 is 2.31 bits per heavy atom. The van der Waals surface area contributed by atoms with Crippen LogP contribution in [-0.4, -0.2) is 16.4 Å². The molecule has 1 aromatic heterocycles. The number of rotatable bonds is 4. The maximum absolute atomic E-state index is 5.58. The van der Waals surface area contributed by atoms with E-state index in [-0.39, 0.29) is 0 Å². The Morgan fingerprint density at radius 1 is 1.62 bits per heavy atom. The van der Waals surface area contributed by atoms with E-state index in [0.717, 1.165) is 12.2 Å². The maximum Gasteiger partial charge on any atom is 0.148 e. The van der Waals surface area contributed by atoms with Gasteiger partial charge in [0.25, 0.3) is 0 Å². The monoisotopic (exact) mass is 183 g/mol. The van der Waals surface area contributed by atoms with E-state index in [1.807, 2.05) is 13.1 Å². The van der Waals surface area contributed by atoms with Gasteiger partial charge in [-0.15, -0.1) is 0 Å². The molecule has 13 heavy (non-hydrogen) atoms. The summed E-state index contributed by atoms with van der Waals surface area (Å²) in [4.78, 5) is 0. The van der Waals surface area contributed by atoms with Crippen molar-refractivity contribution in [2.45, 2.75) is 27.5 Å². The third kappa shape index (κ3) is 3.06. The van der Waals surface area contributed by atoms with Crippen LogP contribution >= 0.6 is 0 Å². The fraction of sp³-hybridized carbons (Fsp3) is 0.667. The number of anilines is 1. The van der Waals surface area contributed by atoms with Crippen molar-refractivity contribution in [2.75, 3.05) is 12.3 Å². The summed E-state index contributed by atoms with van der Waals surface area (Å²) in [5.74, 6) is 1.13. The van der Waals surface area contributed by atoms with Gasteiger partial charge in [-0.05, 0) is 12.8 Å². The molecule has 0 radical (unpaired) electrons. The van der Waals surface area contributed by atoms with Crippen molar-refractivity contribution in [1.82, 2.24) is 9.78 Å². The number of nitrogen functional groups attached to an aromatic ring is 1. The van der Waals surface area contributed by atoms with Crippen LogP contribution in [0.1, 0.15) is 19.4 Å². The zero-order valence-electron chi connectivity index (χ0n) is 8.45. The van der Waals surface area contributed by atoms with E-state index >= 15 is 0 Å². The molecule has 74 valence electrons.